The molecule has 0 aromatic heterocycles. The number of halogens is 2. The Hall–Kier alpha value is -1.19. The summed E-state index contributed by atoms with van der Waals surface area (Å²) in [6.45, 7) is 0.671. The van der Waals surface area contributed by atoms with Gasteiger partial charge in [0.15, 0.2) is 0 Å². The average molecular weight is 341 g/mol. The predicted octanol–water partition coefficient (Wildman–Crippen LogP) is 4.70. The minimum Gasteiger partial charge on any atom is -0.492 e. The molecule has 0 fully saturated rings. The van der Waals surface area contributed by atoms with Crippen molar-refractivity contribution in [2.75, 3.05) is 12.3 Å². The Labute approximate surface area is 126 Å². The van der Waals surface area contributed by atoms with Crippen molar-refractivity contribution in [3.8, 4) is 5.75 Å². The lowest BCUT2D eigenvalue weighted by atomic mass is 10.1. The number of rotatable bonds is 5. The smallest absolute Gasteiger partial charge is 0.133 e. The van der Waals surface area contributed by atoms with Crippen molar-refractivity contribution in [1.82, 2.24) is 0 Å². The number of hydrogen-bond donors (Lipinski definition) is 1. The monoisotopic (exact) mass is 339 g/mol. The summed E-state index contributed by atoms with van der Waals surface area (Å²) in [6.07, 6.45) is 1.93. The van der Waals surface area contributed by atoms with Gasteiger partial charge in [-0.05, 0) is 64.7 Å². The molecule has 0 radical (unpaired) electrons. The molecule has 0 aliphatic rings. The van der Waals surface area contributed by atoms with Crippen molar-refractivity contribution in [2.24, 2.45) is 0 Å². The molecule has 0 amide bonds. The van der Waals surface area contributed by atoms with Gasteiger partial charge in [-0.2, -0.15) is 0 Å². The average Bonchev–Trinajstić information content (AvgIpc) is 2.39. The minimum atomic E-state index is 0.671. The molecule has 2 aromatic rings. The summed E-state index contributed by atoms with van der Waals surface area (Å²) < 4.78 is 6.59. The summed E-state index contributed by atoms with van der Waals surface area (Å²) >= 11 is 9.30. The Bertz CT molecular complexity index is 542. The Morgan fingerprint density at radius 3 is 2.53 bits per heavy atom. The van der Waals surface area contributed by atoms with Gasteiger partial charge >= 0.3 is 0 Å². The van der Waals surface area contributed by atoms with E-state index in [-0.39, 0.29) is 0 Å². The zero-order valence-corrected chi connectivity index (χ0v) is 12.7. The summed E-state index contributed by atoms with van der Waals surface area (Å²) in [4.78, 5) is 0. The standard InChI is InChI=1S/C15H15BrClNO/c16-14-10-12(17)5-8-15(14)19-9-1-2-11-3-6-13(18)7-4-11/h3-8,10H,1-2,9,18H2. The van der Waals surface area contributed by atoms with Gasteiger partial charge in [0.05, 0.1) is 11.1 Å². The molecule has 0 saturated carbocycles. The van der Waals surface area contributed by atoms with Gasteiger partial charge in [0.2, 0.25) is 0 Å². The van der Waals surface area contributed by atoms with Crippen LogP contribution in [-0.2, 0) is 6.42 Å². The lowest BCUT2D eigenvalue weighted by Crippen LogP contribution is -2.00. The highest BCUT2D eigenvalue weighted by Gasteiger charge is 2.01. The summed E-state index contributed by atoms with van der Waals surface area (Å²) in [5, 5.41) is 0.695. The van der Waals surface area contributed by atoms with Crippen molar-refractivity contribution in [2.45, 2.75) is 12.8 Å². The zero-order chi connectivity index (χ0) is 13.7. The molecule has 0 bridgehead atoms. The van der Waals surface area contributed by atoms with Crippen LogP contribution >= 0.6 is 27.5 Å². The topological polar surface area (TPSA) is 35.2 Å². The molecule has 0 heterocycles. The van der Waals surface area contributed by atoms with E-state index in [4.69, 9.17) is 22.1 Å². The molecule has 0 saturated heterocycles. The van der Waals surface area contributed by atoms with Gasteiger partial charge in [-0.1, -0.05) is 23.7 Å². The summed E-state index contributed by atoms with van der Waals surface area (Å²) in [5.41, 5.74) is 7.71. The number of anilines is 1. The fraction of sp³-hybridized carbons (Fsp3) is 0.200. The van der Waals surface area contributed by atoms with E-state index in [1.807, 2.05) is 42.5 Å². The van der Waals surface area contributed by atoms with E-state index < -0.39 is 0 Å². The van der Waals surface area contributed by atoms with Crippen LogP contribution in [-0.4, -0.2) is 6.61 Å². The molecule has 4 heteroatoms. The maximum atomic E-state index is 5.88. The van der Waals surface area contributed by atoms with Crippen molar-refractivity contribution in [1.29, 1.82) is 0 Å². The van der Waals surface area contributed by atoms with Gasteiger partial charge in [0.25, 0.3) is 0 Å². The quantitative estimate of drug-likeness (QED) is 0.632. The first kappa shape index (κ1) is 14.2. The first-order valence-electron chi connectivity index (χ1n) is 6.07. The molecule has 19 heavy (non-hydrogen) atoms. The summed E-state index contributed by atoms with van der Waals surface area (Å²) in [7, 11) is 0. The molecule has 100 valence electrons. The fourth-order valence-corrected chi connectivity index (χ4v) is 2.53. The molecule has 0 spiro atoms. The van der Waals surface area contributed by atoms with Gasteiger partial charge in [-0.15, -0.1) is 0 Å². The van der Waals surface area contributed by atoms with Gasteiger partial charge in [0, 0.05) is 10.7 Å². The predicted molar refractivity (Wildman–Crippen MR) is 83.8 cm³/mol. The van der Waals surface area contributed by atoms with E-state index in [1.54, 1.807) is 0 Å². The molecule has 0 aliphatic carbocycles. The van der Waals surface area contributed by atoms with E-state index in [2.05, 4.69) is 15.9 Å². The molecule has 2 nitrogen and oxygen atoms in total. The molecule has 0 atom stereocenters. The third-order valence-corrected chi connectivity index (χ3v) is 3.60. The highest BCUT2D eigenvalue weighted by Crippen LogP contribution is 2.28. The largest absolute Gasteiger partial charge is 0.492 e. The number of nitrogens with two attached hydrogens (primary N) is 1. The lowest BCUT2D eigenvalue weighted by Gasteiger charge is -2.08. The number of hydrogen-bond acceptors (Lipinski definition) is 2. The van der Waals surface area contributed by atoms with E-state index in [1.165, 1.54) is 5.56 Å². The van der Waals surface area contributed by atoms with E-state index >= 15 is 0 Å². The van der Waals surface area contributed by atoms with Crippen LogP contribution in [0.3, 0.4) is 0 Å². The van der Waals surface area contributed by atoms with Crippen LogP contribution in [0.15, 0.2) is 46.9 Å². The number of ether oxygens (including phenoxy) is 1. The number of benzene rings is 2. The lowest BCUT2D eigenvalue weighted by molar-refractivity contribution is 0.309. The van der Waals surface area contributed by atoms with Crippen LogP contribution < -0.4 is 10.5 Å². The van der Waals surface area contributed by atoms with Gasteiger partial charge in [-0.3, -0.25) is 0 Å². The van der Waals surface area contributed by atoms with Crippen molar-refractivity contribution >= 4 is 33.2 Å². The minimum absolute atomic E-state index is 0.671. The van der Waals surface area contributed by atoms with Crippen LogP contribution in [0, 0.1) is 0 Å². The Morgan fingerprint density at radius 1 is 1.11 bits per heavy atom. The number of nitrogen functional groups attached to an aromatic ring is 1. The van der Waals surface area contributed by atoms with Crippen LogP contribution in [0.5, 0.6) is 5.75 Å². The Balaban J connectivity index is 1.79. The fourth-order valence-electron chi connectivity index (χ4n) is 1.73. The van der Waals surface area contributed by atoms with Crippen LogP contribution in [0.25, 0.3) is 0 Å². The highest BCUT2D eigenvalue weighted by molar-refractivity contribution is 9.10. The highest BCUT2D eigenvalue weighted by atomic mass is 79.9. The molecule has 0 aliphatic heterocycles. The second kappa shape index (κ2) is 6.83. The second-order valence-electron chi connectivity index (χ2n) is 4.27. The van der Waals surface area contributed by atoms with Gasteiger partial charge in [-0.25, -0.2) is 0 Å². The van der Waals surface area contributed by atoms with E-state index in [0.29, 0.717) is 11.6 Å². The summed E-state index contributed by atoms with van der Waals surface area (Å²) in [6, 6.07) is 13.5. The Morgan fingerprint density at radius 2 is 1.84 bits per heavy atom. The van der Waals surface area contributed by atoms with Crippen LogP contribution in [0.2, 0.25) is 5.02 Å². The van der Waals surface area contributed by atoms with Gasteiger partial charge in [0.1, 0.15) is 5.75 Å². The first-order valence-corrected chi connectivity index (χ1v) is 7.24. The third-order valence-electron chi connectivity index (χ3n) is 2.74. The molecule has 2 N–H and O–H groups in total. The zero-order valence-electron chi connectivity index (χ0n) is 10.4. The van der Waals surface area contributed by atoms with Crippen LogP contribution in [0.4, 0.5) is 5.69 Å². The molecular weight excluding hydrogens is 326 g/mol. The van der Waals surface area contributed by atoms with Crippen molar-refractivity contribution < 1.29 is 4.74 Å². The molecule has 2 aromatic carbocycles. The van der Waals surface area contributed by atoms with E-state index in [9.17, 15) is 0 Å². The maximum Gasteiger partial charge on any atom is 0.133 e. The first-order chi connectivity index (χ1) is 9.15. The van der Waals surface area contributed by atoms with E-state index in [0.717, 1.165) is 28.8 Å². The maximum absolute atomic E-state index is 5.88. The molecule has 2 rings (SSSR count). The van der Waals surface area contributed by atoms with Crippen LogP contribution in [0.1, 0.15) is 12.0 Å². The number of aryl methyl sites for hydroxylation is 1. The SMILES string of the molecule is Nc1ccc(CCCOc2ccc(Cl)cc2Br)cc1. The Kier molecular flexibility index (Phi) is 5.11. The van der Waals surface area contributed by atoms with Crippen molar-refractivity contribution in [3.05, 3.63) is 57.5 Å². The molecule has 0 unspecified atom stereocenters. The molecular formula is C15H15BrClNO. The normalized spacial score (nSPS) is 10.4. The third kappa shape index (κ3) is 4.44. The van der Waals surface area contributed by atoms with Crippen molar-refractivity contribution in [3.63, 3.8) is 0 Å². The second-order valence-corrected chi connectivity index (χ2v) is 5.56. The summed E-state index contributed by atoms with van der Waals surface area (Å²) in [5.74, 6) is 0.821. The van der Waals surface area contributed by atoms with Gasteiger partial charge < -0.3 is 10.5 Å².